The number of benzene rings is 1. The molecule has 0 amide bonds. The lowest BCUT2D eigenvalue weighted by atomic mass is 10.1. The summed E-state index contributed by atoms with van der Waals surface area (Å²) in [6.45, 7) is 5.56. The number of hydrogen-bond donors (Lipinski definition) is 1. The minimum Gasteiger partial charge on any atom is -0.375 e. The number of fused-ring (bicyclic) bond motifs is 1. The predicted octanol–water partition coefficient (Wildman–Crippen LogP) is 2.18. The van der Waals surface area contributed by atoms with E-state index in [1.165, 1.54) is 10.9 Å². The molecule has 1 aromatic carbocycles. The number of hydrogen-bond acceptors (Lipinski definition) is 4. The summed E-state index contributed by atoms with van der Waals surface area (Å²) in [5.74, 6) is 1.06. The second-order valence-electron chi connectivity index (χ2n) is 5.31. The van der Waals surface area contributed by atoms with Crippen molar-refractivity contribution in [2.45, 2.75) is 19.6 Å². The van der Waals surface area contributed by atoms with Crippen LogP contribution in [0.3, 0.4) is 0 Å². The zero-order chi connectivity index (χ0) is 13.9. The molecule has 1 fully saturated rings. The van der Waals surface area contributed by atoms with Crippen molar-refractivity contribution in [2.24, 2.45) is 0 Å². The van der Waals surface area contributed by atoms with Crippen LogP contribution < -0.4 is 10.2 Å². The standard InChI is InChI=1S/C16H21N3O/c1-12-11-19(7-8-20-12)16-9-13(10-17-2)14-5-3-4-6-15(14)18-16/h3-6,9,12,17H,7-8,10-11H2,1-2H3. The van der Waals surface area contributed by atoms with Gasteiger partial charge in [-0.1, -0.05) is 18.2 Å². The number of rotatable bonds is 3. The quantitative estimate of drug-likeness (QED) is 0.928. The van der Waals surface area contributed by atoms with Gasteiger partial charge in [0.25, 0.3) is 0 Å². The molecule has 1 unspecified atom stereocenters. The molecule has 1 saturated heterocycles. The Balaban J connectivity index is 2.02. The van der Waals surface area contributed by atoms with Gasteiger partial charge in [-0.25, -0.2) is 4.98 Å². The highest BCUT2D eigenvalue weighted by Crippen LogP contribution is 2.24. The first-order valence-electron chi connectivity index (χ1n) is 7.18. The Bertz CT molecular complexity index is 599. The molecule has 20 heavy (non-hydrogen) atoms. The van der Waals surface area contributed by atoms with Crippen LogP contribution >= 0.6 is 0 Å². The smallest absolute Gasteiger partial charge is 0.129 e. The molecular formula is C16H21N3O. The van der Waals surface area contributed by atoms with Crippen LogP contribution in [-0.2, 0) is 11.3 Å². The van der Waals surface area contributed by atoms with Gasteiger partial charge in [0.2, 0.25) is 0 Å². The molecular weight excluding hydrogens is 250 g/mol. The van der Waals surface area contributed by atoms with Crippen molar-refractivity contribution in [1.82, 2.24) is 10.3 Å². The number of anilines is 1. The highest BCUT2D eigenvalue weighted by Gasteiger charge is 2.19. The number of pyridine rings is 1. The average molecular weight is 271 g/mol. The highest BCUT2D eigenvalue weighted by molar-refractivity contribution is 5.84. The van der Waals surface area contributed by atoms with Crippen LogP contribution in [0.4, 0.5) is 5.82 Å². The molecule has 4 nitrogen and oxygen atoms in total. The Morgan fingerprint density at radius 3 is 3.05 bits per heavy atom. The third kappa shape index (κ3) is 2.62. The van der Waals surface area contributed by atoms with E-state index in [1.807, 2.05) is 13.1 Å². The van der Waals surface area contributed by atoms with Gasteiger partial charge in [0, 0.05) is 25.0 Å². The lowest BCUT2D eigenvalue weighted by Crippen LogP contribution is -2.41. The van der Waals surface area contributed by atoms with Gasteiger partial charge in [-0.15, -0.1) is 0 Å². The molecule has 2 aromatic rings. The summed E-state index contributed by atoms with van der Waals surface area (Å²) in [5, 5.41) is 4.47. The Kier molecular flexibility index (Phi) is 3.85. The number of morpholine rings is 1. The third-order valence-electron chi connectivity index (χ3n) is 3.72. The van der Waals surface area contributed by atoms with Gasteiger partial charge >= 0.3 is 0 Å². The van der Waals surface area contributed by atoms with Gasteiger partial charge < -0.3 is 15.0 Å². The van der Waals surface area contributed by atoms with Crippen molar-refractivity contribution >= 4 is 16.7 Å². The number of ether oxygens (including phenoxy) is 1. The molecule has 3 rings (SSSR count). The monoisotopic (exact) mass is 271 g/mol. The van der Waals surface area contributed by atoms with E-state index in [0.29, 0.717) is 0 Å². The van der Waals surface area contributed by atoms with Crippen LogP contribution in [0.2, 0.25) is 0 Å². The highest BCUT2D eigenvalue weighted by atomic mass is 16.5. The summed E-state index contributed by atoms with van der Waals surface area (Å²) in [6.07, 6.45) is 0.268. The van der Waals surface area contributed by atoms with E-state index < -0.39 is 0 Å². The Morgan fingerprint density at radius 1 is 1.40 bits per heavy atom. The van der Waals surface area contributed by atoms with Crippen molar-refractivity contribution in [2.75, 3.05) is 31.6 Å². The molecule has 106 valence electrons. The first-order valence-corrected chi connectivity index (χ1v) is 7.18. The van der Waals surface area contributed by atoms with Crippen LogP contribution in [0.1, 0.15) is 12.5 Å². The third-order valence-corrected chi connectivity index (χ3v) is 3.72. The van der Waals surface area contributed by atoms with Crippen LogP contribution in [0.25, 0.3) is 10.9 Å². The van der Waals surface area contributed by atoms with Crippen molar-refractivity contribution in [1.29, 1.82) is 0 Å². The molecule has 0 bridgehead atoms. The minimum absolute atomic E-state index is 0.268. The summed E-state index contributed by atoms with van der Waals surface area (Å²) in [7, 11) is 1.98. The van der Waals surface area contributed by atoms with E-state index in [4.69, 9.17) is 9.72 Å². The summed E-state index contributed by atoms with van der Waals surface area (Å²) in [6, 6.07) is 10.5. The minimum atomic E-state index is 0.268. The normalized spacial score (nSPS) is 19.5. The number of para-hydroxylation sites is 1. The molecule has 2 heterocycles. The van der Waals surface area contributed by atoms with Gasteiger partial charge in [-0.3, -0.25) is 0 Å². The fourth-order valence-corrected chi connectivity index (χ4v) is 2.76. The maximum absolute atomic E-state index is 5.61. The van der Waals surface area contributed by atoms with E-state index >= 15 is 0 Å². The molecule has 1 aliphatic rings. The summed E-state index contributed by atoms with van der Waals surface area (Å²) in [5.41, 5.74) is 2.36. The summed E-state index contributed by atoms with van der Waals surface area (Å²) in [4.78, 5) is 7.14. The van der Waals surface area contributed by atoms with E-state index in [0.717, 1.165) is 37.6 Å². The maximum Gasteiger partial charge on any atom is 0.129 e. The Hall–Kier alpha value is -1.65. The zero-order valence-electron chi connectivity index (χ0n) is 12.1. The molecule has 1 atom stereocenters. The van der Waals surface area contributed by atoms with Crippen LogP contribution in [0.15, 0.2) is 30.3 Å². The van der Waals surface area contributed by atoms with Crippen LogP contribution in [-0.4, -0.2) is 37.8 Å². The maximum atomic E-state index is 5.61. The first-order chi connectivity index (χ1) is 9.78. The van der Waals surface area contributed by atoms with E-state index in [9.17, 15) is 0 Å². The van der Waals surface area contributed by atoms with Gasteiger partial charge in [0.1, 0.15) is 5.82 Å². The second kappa shape index (κ2) is 5.77. The Morgan fingerprint density at radius 2 is 2.25 bits per heavy atom. The molecule has 1 aliphatic heterocycles. The van der Waals surface area contributed by atoms with Crippen LogP contribution in [0, 0.1) is 0 Å². The lowest BCUT2D eigenvalue weighted by molar-refractivity contribution is 0.0529. The fraction of sp³-hybridized carbons (Fsp3) is 0.438. The number of aromatic nitrogens is 1. The fourth-order valence-electron chi connectivity index (χ4n) is 2.76. The van der Waals surface area contributed by atoms with Crippen molar-refractivity contribution < 1.29 is 4.74 Å². The molecule has 0 aliphatic carbocycles. The average Bonchev–Trinajstić information content (AvgIpc) is 2.47. The summed E-state index contributed by atoms with van der Waals surface area (Å²) < 4.78 is 5.61. The molecule has 0 saturated carbocycles. The largest absolute Gasteiger partial charge is 0.375 e. The SMILES string of the molecule is CNCc1cc(N2CCOC(C)C2)nc2ccccc12. The van der Waals surface area contributed by atoms with Crippen molar-refractivity contribution in [3.05, 3.63) is 35.9 Å². The molecule has 1 N–H and O–H groups in total. The predicted molar refractivity (Wildman–Crippen MR) is 82.1 cm³/mol. The van der Waals surface area contributed by atoms with Crippen LogP contribution in [0.5, 0.6) is 0 Å². The van der Waals surface area contributed by atoms with Crippen molar-refractivity contribution in [3.8, 4) is 0 Å². The van der Waals surface area contributed by atoms with Gasteiger partial charge in [-0.2, -0.15) is 0 Å². The summed E-state index contributed by atoms with van der Waals surface area (Å²) >= 11 is 0. The van der Waals surface area contributed by atoms with Crippen molar-refractivity contribution in [3.63, 3.8) is 0 Å². The van der Waals surface area contributed by atoms with E-state index in [1.54, 1.807) is 0 Å². The topological polar surface area (TPSA) is 37.4 Å². The van der Waals surface area contributed by atoms with Gasteiger partial charge in [0.05, 0.1) is 18.2 Å². The molecule has 4 heteroatoms. The van der Waals surface area contributed by atoms with E-state index in [-0.39, 0.29) is 6.10 Å². The van der Waals surface area contributed by atoms with Gasteiger partial charge in [-0.05, 0) is 31.7 Å². The molecule has 0 spiro atoms. The zero-order valence-corrected chi connectivity index (χ0v) is 12.1. The van der Waals surface area contributed by atoms with Gasteiger partial charge in [0.15, 0.2) is 0 Å². The lowest BCUT2D eigenvalue weighted by Gasteiger charge is -2.32. The molecule has 0 radical (unpaired) electrons. The number of nitrogens with zero attached hydrogens (tertiary/aromatic N) is 2. The second-order valence-corrected chi connectivity index (χ2v) is 5.31. The number of nitrogens with one attached hydrogen (secondary N) is 1. The van der Waals surface area contributed by atoms with E-state index in [2.05, 4.69) is 41.4 Å². The Labute approximate surface area is 119 Å². The first kappa shape index (κ1) is 13.3. The molecule has 1 aromatic heterocycles.